The maximum Gasteiger partial charge on any atom is 0.388 e. The van der Waals surface area contributed by atoms with E-state index in [9.17, 15) is 18.0 Å². The predicted octanol–water partition coefficient (Wildman–Crippen LogP) is 3.28. The molecule has 1 N–H and O–H groups in total. The standard InChI is InChI=1S/C20H15F3N6O2/c21-14-5-15-25-9-13-12(6-20(2-1-3-20)16(13)29(15)28-14)17(30)27-11-4-10(7-24)18(26-8-11)31-19(22)23/h4-5,8-9,12,19H,1-3,6H2,(H,27,30). The molecule has 8 nitrogen and oxygen atoms in total. The molecule has 1 unspecified atom stereocenters. The third kappa shape index (κ3) is 3.06. The molecule has 2 aliphatic rings. The molecular formula is C20H15F3N6O2. The van der Waals surface area contributed by atoms with Crippen LogP contribution in [-0.4, -0.2) is 32.1 Å². The third-order valence-electron chi connectivity index (χ3n) is 6.02. The molecule has 0 aliphatic heterocycles. The van der Waals surface area contributed by atoms with Gasteiger partial charge in [-0.2, -0.15) is 18.4 Å². The fourth-order valence-corrected chi connectivity index (χ4v) is 4.59. The number of rotatable bonds is 4. The molecule has 2 aliphatic carbocycles. The topological polar surface area (TPSA) is 105 Å². The average molecular weight is 428 g/mol. The van der Waals surface area contributed by atoms with E-state index in [0.717, 1.165) is 31.2 Å². The Morgan fingerprint density at radius 1 is 1.32 bits per heavy atom. The van der Waals surface area contributed by atoms with Gasteiger partial charge in [-0.3, -0.25) is 4.79 Å². The quantitative estimate of drug-likeness (QED) is 0.684. The Labute approximate surface area is 173 Å². The average Bonchev–Trinajstić information content (AvgIpc) is 3.25. The zero-order chi connectivity index (χ0) is 21.8. The molecular weight excluding hydrogens is 413 g/mol. The summed E-state index contributed by atoms with van der Waals surface area (Å²) >= 11 is 0. The molecule has 3 aromatic rings. The molecule has 1 fully saturated rings. The molecule has 0 bridgehead atoms. The van der Waals surface area contributed by atoms with E-state index < -0.39 is 24.4 Å². The number of hydrogen-bond acceptors (Lipinski definition) is 6. The number of nitriles is 1. The summed E-state index contributed by atoms with van der Waals surface area (Å²) in [4.78, 5) is 21.1. The second kappa shape index (κ2) is 6.94. The Morgan fingerprint density at radius 2 is 2.13 bits per heavy atom. The number of pyridine rings is 1. The van der Waals surface area contributed by atoms with Crippen molar-refractivity contribution in [1.29, 1.82) is 5.26 Å². The number of nitrogens with zero attached hydrogens (tertiary/aromatic N) is 5. The number of fused-ring (bicyclic) bond motifs is 4. The van der Waals surface area contributed by atoms with Crippen LogP contribution in [0, 0.1) is 17.3 Å². The monoisotopic (exact) mass is 428 g/mol. The van der Waals surface area contributed by atoms with Crippen molar-refractivity contribution in [2.24, 2.45) is 0 Å². The van der Waals surface area contributed by atoms with Gasteiger partial charge in [-0.25, -0.2) is 14.5 Å². The maximum absolute atomic E-state index is 13.7. The van der Waals surface area contributed by atoms with Crippen molar-refractivity contribution >= 4 is 17.2 Å². The van der Waals surface area contributed by atoms with Crippen molar-refractivity contribution in [1.82, 2.24) is 19.6 Å². The molecule has 0 aromatic carbocycles. The number of amides is 1. The van der Waals surface area contributed by atoms with Crippen molar-refractivity contribution in [2.75, 3.05) is 5.32 Å². The van der Waals surface area contributed by atoms with E-state index in [4.69, 9.17) is 5.26 Å². The summed E-state index contributed by atoms with van der Waals surface area (Å²) < 4.78 is 44.3. The minimum Gasteiger partial charge on any atom is -0.415 e. The van der Waals surface area contributed by atoms with Gasteiger partial charge in [0.15, 0.2) is 5.65 Å². The number of ether oxygens (including phenoxy) is 1. The number of nitrogens with one attached hydrogen (secondary N) is 1. The minimum absolute atomic E-state index is 0.179. The normalized spacial score (nSPS) is 18.6. The van der Waals surface area contributed by atoms with Gasteiger partial charge in [0.05, 0.1) is 23.5 Å². The van der Waals surface area contributed by atoms with E-state index in [1.807, 2.05) is 0 Å². The van der Waals surface area contributed by atoms with Gasteiger partial charge >= 0.3 is 6.61 Å². The van der Waals surface area contributed by atoms with Gasteiger partial charge in [0.25, 0.3) is 0 Å². The molecule has 3 aromatic heterocycles. The minimum atomic E-state index is -3.12. The number of carbonyl (C=O) groups excluding carboxylic acids is 1. The van der Waals surface area contributed by atoms with E-state index in [2.05, 4.69) is 25.1 Å². The third-order valence-corrected chi connectivity index (χ3v) is 6.02. The highest BCUT2D eigenvalue weighted by Crippen LogP contribution is 2.56. The molecule has 1 amide bonds. The molecule has 3 heterocycles. The first-order valence-electron chi connectivity index (χ1n) is 9.61. The fourth-order valence-electron chi connectivity index (χ4n) is 4.59. The summed E-state index contributed by atoms with van der Waals surface area (Å²) in [5, 5.41) is 15.8. The van der Waals surface area contributed by atoms with Gasteiger partial charge in [-0.15, -0.1) is 5.10 Å². The van der Waals surface area contributed by atoms with E-state index >= 15 is 0 Å². The van der Waals surface area contributed by atoms with Gasteiger partial charge in [0, 0.05) is 23.2 Å². The first-order chi connectivity index (χ1) is 14.9. The van der Waals surface area contributed by atoms with E-state index in [1.165, 1.54) is 16.6 Å². The Balaban J connectivity index is 1.46. The number of hydrogen-bond donors (Lipinski definition) is 1. The maximum atomic E-state index is 13.7. The summed E-state index contributed by atoms with van der Waals surface area (Å²) in [7, 11) is 0. The van der Waals surface area contributed by atoms with Crippen LogP contribution in [0.3, 0.4) is 0 Å². The molecule has 5 rings (SSSR count). The summed E-state index contributed by atoms with van der Waals surface area (Å²) in [6.45, 7) is -3.12. The van der Waals surface area contributed by atoms with E-state index in [1.54, 1.807) is 12.3 Å². The fraction of sp³-hybridized carbons (Fsp3) is 0.350. The van der Waals surface area contributed by atoms with Crippen LogP contribution in [0.5, 0.6) is 5.88 Å². The number of alkyl halides is 2. The number of anilines is 1. The van der Waals surface area contributed by atoms with Crippen molar-refractivity contribution in [2.45, 2.75) is 43.6 Å². The molecule has 1 saturated carbocycles. The summed E-state index contributed by atoms with van der Waals surface area (Å²) in [5.74, 6) is -2.05. The van der Waals surface area contributed by atoms with Gasteiger partial charge < -0.3 is 10.1 Å². The Hall–Kier alpha value is -3.68. The van der Waals surface area contributed by atoms with Crippen LogP contribution < -0.4 is 10.1 Å². The highest BCUT2D eigenvalue weighted by Gasteiger charge is 2.52. The molecule has 1 spiro atoms. The molecule has 0 saturated heterocycles. The van der Waals surface area contributed by atoms with Crippen molar-refractivity contribution in [3.05, 3.63) is 47.3 Å². The second-order valence-electron chi connectivity index (χ2n) is 7.75. The lowest BCUT2D eigenvalue weighted by atomic mass is 9.66. The van der Waals surface area contributed by atoms with Crippen LogP contribution in [0.15, 0.2) is 24.5 Å². The van der Waals surface area contributed by atoms with Gasteiger partial charge in [-0.05, 0) is 25.3 Å². The smallest absolute Gasteiger partial charge is 0.388 e. The summed E-state index contributed by atoms with van der Waals surface area (Å²) in [6.07, 6.45) is 6.00. The number of aromatic nitrogens is 4. The van der Waals surface area contributed by atoms with Crippen molar-refractivity contribution < 1.29 is 22.7 Å². The highest BCUT2D eigenvalue weighted by atomic mass is 19.3. The van der Waals surface area contributed by atoms with Crippen LogP contribution in [-0.2, 0) is 10.2 Å². The van der Waals surface area contributed by atoms with Crippen LogP contribution >= 0.6 is 0 Å². The van der Waals surface area contributed by atoms with Crippen LogP contribution in [0.2, 0.25) is 0 Å². The first kappa shape index (κ1) is 19.3. The lowest BCUT2D eigenvalue weighted by molar-refractivity contribution is -0.118. The van der Waals surface area contributed by atoms with E-state index in [-0.39, 0.29) is 22.6 Å². The molecule has 158 valence electrons. The van der Waals surface area contributed by atoms with Crippen LogP contribution in [0.25, 0.3) is 5.65 Å². The largest absolute Gasteiger partial charge is 0.415 e. The van der Waals surface area contributed by atoms with Crippen molar-refractivity contribution in [3.8, 4) is 11.9 Å². The summed E-state index contributed by atoms with van der Waals surface area (Å²) in [5.41, 5.74) is 1.57. The van der Waals surface area contributed by atoms with Crippen molar-refractivity contribution in [3.63, 3.8) is 0 Å². The van der Waals surface area contributed by atoms with Crippen LogP contribution in [0.1, 0.15) is 48.4 Å². The van der Waals surface area contributed by atoms with Gasteiger partial charge in [0.1, 0.15) is 11.6 Å². The highest BCUT2D eigenvalue weighted by molar-refractivity contribution is 5.97. The van der Waals surface area contributed by atoms with Gasteiger partial charge in [0.2, 0.25) is 17.7 Å². The zero-order valence-corrected chi connectivity index (χ0v) is 16.0. The number of halogens is 3. The predicted molar refractivity (Wildman–Crippen MR) is 100 cm³/mol. The molecule has 0 radical (unpaired) electrons. The molecule has 1 atom stereocenters. The Morgan fingerprint density at radius 3 is 2.81 bits per heavy atom. The lowest BCUT2D eigenvalue weighted by Gasteiger charge is -2.39. The lowest BCUT2D eigenvalue weighted by Crippen LogP contribution is -2.34. The summed E-state index contributed by atoms with van der Waals surface area (Å²) in [6, 6.07) is 4.20. The van der Waals surface area contributed by atoms with Gasteiger partial charge in [-0.1, -0.05) is 6.42 Å². The molecule has 11 heteroatoms. The number of carbonyl (C=O) groups is 1. The van der Waals surface area contributed by atoms with E-state index in [0.29, 0.717) is 17.6 Å². The zero-order valence-electron chi connectivity index (χ0n) is 16.0. The Kier molecular flexibility index (Phi) is 4.32. The molecule has 31 heavy (non-hydrogen) atoms. The second-order valence-corrected chi connectivity index (χ2v) is 7.75. The first-order valence-corrected chi connectivity index (χ1v) is 9.61. The Bertz CT molecular complexity index is 1250. The SMILES string of the molecule is N#Cc1cc(NC(=O)C2CC3(CCC3)c3c2cnc2cc(F)nn32)cnc1OC(F)F. The van der Waals surface area contributed by atoms with Crippen LogP contribution in [0.4, 0.5) is 18.9 Å².